The van der Waals surface area contributed by atoms with Crippen LogP contribution in [0.5, 0.6) is 0 Å². The summed E-state index contributed by atoms with van der Waals surface area (Å²) in [7, 11) is 0. The molecule has 0 aromatic heterocycles. The highest BCUT2D eigenvalue weighted by Gasteiger charge is 2.10. The number of benzene rings is 1. The topological polar surface area (TPSA) is 41.1 Å². The van der Waals surface area contributed by atoms with Crippen molar-refractivity contribution in [3.63, 3.8) is 0 Å². The van der Waals surface area contributed by atoms with E-state index in [0.717, 1.165) is 12.8 Å². The molecular weight excluding hydrogens is 271 g/mol. The third-order valence-electron chi connectivity index (χ3n) is 2.56. The monoisotopic (exact) mass is 288 g/mol. The number of anilines is 1. The molecule has 1 unspecified atom stereocenters. The first-order chi connectivity index (χ1) is 8.54. The van der Waals surface area contributed by atoms with Crippen LogP contribution >= 0.6 is 23.2 Å². The highest BCUT2D eigenvalue weighted by molar-refractivity contribution is 6.39. The fourth-order valence-corrected chi connectivity index (χ4v) is 2.09. The van der Waals surface area contributed by atoms with Gasteiger partial charge < -0.3 is 10.6 Å². The van der Waals surface area contributed by atoms with Crippen LogP contribution in [0.2, 0.25) is 10.0 Å². The molecule has 1 aromatic carbocycles. The molecule has 0 aliphatic heterocycles. The molecule has 0 aliphatic rings. The van der Waals surface area contributed by atoms with E-state index in [1.165, 1.54) is 0 Å². The molecule has 0 bridgehead atoms. The lowest BCUT2D eigenvalue weighted by Gasteiger charge is -2.13. The summed E-state index contributed by atoms with van der Waals surface area (Å²) in [5.41, 5.74) is 0.468. The Bertz CT molecular complexity index is 390. The summed E-state index contributed by atoms with van der Waals surface area (Å²) >= 11 is 11.9. The van der Waals surface area contributed by atoms with Gasteiger partial charge in [0.1, 0.15) is 0 Å². The Balaban J connectivity index is 2.50. The number of para-hydroxylation sites is 1. The maximum absolute atomic E-state index is 11.7. The molecule has 0 radical (unpaired) electrons. The molecule has 5 heteroatoms. The molecule has 0 fully saturated rings. The van der Waals surface area contributed by atoms with Crippen molar-refractivity contribution in [2.45, 2.75) is 32.7 Å². The van der Waals surface area contributed by atoms with Gasteiger partial charge in [-0.05, 0) is 25.5 Å². The van der Waals surface area contributed by atoms with Crippen LogP contribution in [0.4, 0.5) is 5.69 Å². The lowest BCUT2D eigenvalue weighted by molar-refractivity contribution is -0.115. The average molecular weight is 289 g/mol. The summed E-state index contributed by atoms with van der Waals surface area (Å²) in [6.07, 6.45) is 2.13. The SMILES string of the molecule is CCCC(C)NCC(=O)Nc1c(Cl)cccc1Cl. The van der Waals surface area contributed by atoms with E-state index in [1.807, 2.05) is 0 Å². The molecule has 1 rings (SSSR count). The molecule has 3 nitrogen and oxygen atoms in total. The molecule has 0 heterocycles. The number of hydrogen-bond acceptors (Lipinski definition) is 2. The number of carbonyl (C=O) groups is 1. The molecule has 0 saturated carbocycles. The zero-order chi connectivity index (χ0) is 13.5. The predicted molar refractivity (Wildman–Crippen MR) is 77.5 cm³/mol. The third-order valence-corrected chi connectivity index (χ3v) is 3.19. The van der Waals surface area contributed by atoms with Gasteiger partial charge in [0.25, 0.3) is 0 Å². The van der Waals surface area contributed by atoms with Gasteiger partial charge in [-0.25, -0.2) is 0 Å². The maximum Gasteiger partial charge on any atom is 0.238 e. The van der Waals surface area contributed by atoms with Gasteiger partial charge in [0.2, 0.25) is 5.91 Å². The minimum Gasteiger partial charge on any atom is -0.322 e. The smallest absolute Gasteiger partial charge is 0.238 e. The summed E-state index contributed by atoms with van der Waals surface area (Å²) < 4.78 is 0. The van der Waals surface area contributed by atoms with Crippen molar-refractivity contribution < 1.29 is 4.79 Å². The summed E-state index contributed by atoms with van der Waals surface area (Å²) in [6.45, 7) is 4.42. The maximum atomic E-state index is 11.7. The van der Waals surface area contributed by atoms with Gasteiger partial charge in [0.05, 0.1) is 22.3 Å². The van der Waals surface area contributed by atoms with Gasteiger partial charge in [-0.1, -0.05) is 42.6 Å². The average Bonchev–Trinajstić information content (AvgIpc) is 2.32. The summed E-state index contributed by atoms with van der Waals surface area (Å²) in [5.74, 6) is -0.145. The molecule has 2 N–H and O–H groups in total. The Labute approximate surface area is 118 Å². The van der Waals surface area contributed by atoms with Crippen molar-refractivity contribution in [1.29, 1.82) is 0 Å². The summed E-state index contributed by atoms with van der Waals surface area (Å²) in [5, 5.41) is 6.74. The largest absolute Gasteiger partial charge is 0.322 e. The van der Waals surface area contributed by atoms with Crippen molar-refractivity contribution in [1.82, 2.24) is 5.32 Å². The first-order valence-corrected chi connectivity index (χ1v) is 6.77. The quantitative estimate of drug-likeness (QED) is 0.838. The van der Waals surface area contributed by atoms with Crippen LogP contribution in [-0.4, -0.2) is 18.5 Å². The highest BCUT2D eigenvalue weighted by atomic mass is 35.5. The van der Waals surface area contributed by atoms with E-state index in [2.05, 4.69) is 24.5 Å². The molecule has 1 atom stereocenters. The summed E-state index contributed by atoms with van der Waals surface area (Å²) in [6, 6.07) is 5.44. The Morgan fingerprint density at radius 2 is 1.94 bits per heavy atom. The van der Waals surface area contributed by atoms with Crippen LogP contribution in [0.15, 0.2) is 18.2 Å². The van der Waals surface area contributed by atoms with Crippen molar-refractivity contribution >= 4 is 34.8 Å². The molecule has 0 spiro atoms. The van der Waals surface area contributed by atoms with Gasteiger partial charge in [-0.2, -0.15) is 0 Å². The van der Waals surface area contributed by atoms with E-state index < -0.39 is 0 Å². The number of halogens is 2. The first-order valence-electron chi connectivity index (χ1n) is 6.01. The predicted octanol–water partition coefficient (Wildman–Crippen LogP) is 3.71. The third kappa shape index (κ3) is 4.84. The second kappa shape index (κ2) is 7.62. The van der Waals surface area contributed by atoms with Crippen LogP contribution in [0.1, 0.15) is 26.7 Å². The molecule has 1 aromatic rings. The van der Waals surface area contributed by atoms with Gasteiger partial charge >= 0.3 is 0 Å². The lowest BCUT2D eigenvalue weighted by Crippen LogP contribution is -2.34. The second-order valence-electron chi connectivity index (χ2n) is 4.22. The molecule has 0 aliphatic carbocycles. The zero-order valence-corrected chi connectivity index (χ0v) is 12.1. The van der Waals surface area contributed by atoms with Crippen LogP contribution in [0, 0.1) is 0 Å². The van der Waals surface area contributed by atoms with Crippen LogP contribution in [-0.2, 0) is 4.79 Å². The van der Waals surface area contributed by atoms with Crippen LogP contribution in [0.25, 0.3) is 0 Å². The van der Waals surface area contributed by atoms with E-state index in [0.29, 0.717) is 21.8 Å². The number of hydrogen-bond donors (Lipinski definition) is 2. The number of nitrogens with one attached hydrogen (secondary N) is 2. The Morgan fingerprint density at radius 3 is 2.50 bits per heavy atom. The van der Waals surface area contributed by atoms with Crippen molar-refractivity contribution in [3.8, 4) is 0 Å². The molecular formula is C13H18Cl2N2O. The highest BCUT2D eigenvalue weighted by Crippen LogP contribution is 2.29. The van der Waals surface area contributed by atoms with Crippen LogP contribution in [0.3, 0.4) is 0 Å². The fourth-order valence-electron chi connectivity index (χ4n) is 1.60. The molecule has 1 amide bonds. The lowest BCUT2D eigenvalue weighted by atomic mass is 10.2. The van der Waals surface area contributed by atoms with E-state index in [-0.39, 0.29) is 12.5 Å². The van der Waals surface area contributed by atoms with E-state index in [1.54, 1.807) is 18.2 Å². The minimum atomic E-state index is -0.145. The minimum absolute atomic E-state index is 0.145. The fraction of sp³-hybridized carbons (Fsp3) is 0.462. The molecule has 18 heavy (non-hydrogen) atoms. The van der Waals surface area contributed by atoms with Crippen LogP contribution < -0.4 is 10.6 Å². The van der Waals surface area contributed by atoms with Gasteiger partial charge in [0.15, 0.2) is 0 Å². The standard InChI is InChI=1S/C13H18Cl2N2O/c1-3-5-9(2)16-8-12(18)17-13-10(14)6-4-7-11(13)15/h4,6-7,9,16H,3,5,8H2,1-2H3,(H,17,18). The Hall–Kier alpha value is -0.770. The molecule has 0 saturated heterocycles. The van der Waals surface area contributed by atoms with Crippen molar-refractivity contribution in [2.24, 2.45) is 0 Å². The molecule has 100 valence electrons. The van der Waals surface area contributed by atoms with E-state index in [9.17, 15) is 4.79 Å². The zero-order valence-electron chi connectivity index (χ0n) is 10.6. The van der Waals surface area contributed by atoms with Crippen molar-refractivity contribution in [2.75, 3.05) is 11.9 Å². The second-order valence-corrected chi connectivity index (χ2v) is 5.03. The van der Waals surface area contributed by atoms with E-state index >= 15 is 0 Å². The Morgan fingerprint density at radius 1 is 1.33 bits per heavy atom. The Kier molecular flexibility index (Phi) is 6.47. The van der Waals surface area contributed by atoms with Gasteiger partial charge in [-0.15, -0.1) is 0 Å². The van der Waals surface area contributed by atoms with Gasteiger partial charge in [-0.3, -0.25) is 4.79 Å². The number of rotatable bonds is 6. The first kappa shape index (κ1) is 15.3. The summed E-state index contributed by atoms with van der Waals surface area (Å²) in [4.78, 5) is 11.7. The van der Waals surface area contributed by atoms with Gasteiger partial charge in [0, 0.05) is 6.04 Å². The van der Waals surface area contributed by atoms with E-state index in [4.69, 9.17) is 23.2 Å². The number of amides is 1. The normalized spacial score (nSPS) is 12.2. The van der Waals surface area contributed by atoms with Crippen molar-refractivity contribution in [3.05, 3.63) is 28.2 Å². The number of carbonyl (C=O) groups excluding carboxylic acids is 1.